The molecule has 0 aromatic carbocycles. The Morgan fingerprint density at radius 1 is 1.50 bits per heavy atom. The van der Waals surface area contributed by atoms with E-state index in [1.807, 2.05) is 0 Å². The van der Waals surface area contributed by atoms with Crippen LogP contribution in [-0.4, -0.2) is 50.5 Å². The minimum atomic E-state index is 0.0557. The molecule has 0 aromatic rings. The van der Waals surface area contributed by atoms with Crippen molar-refractivity contribution in [2.24, 2.45) is 5.92 Å². The molecule has 0 bridgehead atoms. The molecule has 1 aliphatic rings. The quantitative estimate of drug-likeness (QED) is 0.516. The van der Waals surface area contributed by atoms with E-state index in [0.717, 1.165) is 32.4 Å². The first-order valence-electron chi connectivity index (χ1n) is 6.01. The topological polar surface area (TPSA) is 70.6 Å². The maximum absolute atomic E-state index is 11.7. The standard InChI is InChI=1S/C11H22N2O3/c14-6-8-16-7-2-5-13-11(15)10-3-1-4-12-9-10/h10,12,14H,1-9H2,(H,13,15)/t10-/m1/s1. The Balaban J connectivity index is 1.97. The fraction of sp³-hybridized carbons (Fsp3) is 0.909. The highest BCUT2D eigenvalue weighted by molar-refractivity contribution is 5.78. The van der Waals surface area contributed by atoms with E-state index in [1.54, 1.807) is 0 Å². The summed E-state index contributed by atoms with van der Waals surface area (Å²) < 4.78 is 5.10. The predicted molar refractivity (Wildman–Crippen MR) is 61.1 cm³/mol. The molecule has 1 rings (SSSR count). The molecule has 3 N–H and O–H groups in total. The van der Waals surface area contributed by atoms with Crippen LogP contribution >= 0.6 is 0 Å². The largest absolute Gasteiger partial charge is 0.394 e. The van der Waals surface area contributed by atoms with Gasteiger partial charge in [0.05, 0.1) is 19.1 Å². The van der Waals surface area contributed by atoms with Crippen molar-refractivity contribution >= 4 is 5.91 Å². The summed E-state index contributed by atoms with van der Waals surface area (Å²) in [5.41, 5.74) is 0. The Hall–Kier alpha value is -0.650. The van der Waals surface area contributed by atoms with Crippen LogP contribution in [-0.2, 0) is 9.53 Å². The van der Waals surface area contributed by atoms with E-state index < -0.39 is 0 Å². The maximum Gasteiger partial charge on any atom is 0.224 e. The normalized spacial score (nSPS) is 20.7. The van der Waals surface area contributed by atoms with Gasteiger partial charge in [-0.3, -0.25) is 4.79 Å². The molecule has 1 atom stereocenters. The van der Waals surface area contributed by atoms with Crippen molar-refractivity contribution in [3.8, 4) is 0 Å². The number of piperidine rings is 1. The summed E-state index contributed by atoms with van der Waals surface area (Å²) in [6.07, 6.45) is 2.86. The number of hydrogen-bond donors (Lipinski definition) is 3. The molecule has 5 heteroatoms. The van der Waals surface area contributed by atoms with Gasteiger partial charge in [-0.05, 0) is 25.8 Å². The lowest BCUT2D eigenvalue weighted by Crippen LogP contribution is -2.40. The molecule has 1 saturated heterocycles. The van der Waals surface area contributed by atoms with Gasteiger partial charge in [0.2, 0.25) is 5.91 Å². The monoisotopic (exact) mass is 230 g/mol. The third-order valence-corrected chi connectivity index (χ3v) is 2.67. The third kappa shape index (κ3) is 5.44. The molecule has 1 heterocycles. The summed E-state index contributed by atoms with van der Waals surface area (Å²) in [6, 6.07) is 0. The zero-order chi connectivity index (χ0) is 11.6. The zero-order valence-electron chi connectivity index (χ0n) is 9.71. The number of ether oxygens (including phenoxy) is 1. The van der Waals surface area contributed by atoms with E-state index in [0.29, 0.717) is 19.8 Å². The van der Waals surface area contributed by atoms with Crippen molar-refractivity contribution in [1.29, 1.82) is 0 Å². The molecular weight excluding hydrogens is 208 g/mol. The van der Waals surface area contributed by atoms with Gasteiger partial charge in [0, 0.05) is 19.7 Å². The van der Waals surface area contributed by atoms with Crippen molar-refractivity contribution in [1.82, 2.24) is 10.6 Å². The van der Waals surface area contributed by atoms with Crippen LogP contribution in [0, 0.1) is 5.92 Å². The van der Waals surface area contributed by atoms with E-state index in [9.17, 15) is 4.79 Å². The van der Waals surface area contributed by atoms with Gasteiger partial charge in [-0.2, -0.15) is 0 Å². The summed E-state index contributed by atoms with van der Waals surface area (Å²) in [5.74, 6) is 0.279. The molecule has 0 radical (unpaired) electrons. The number of amides is 1. The number of hydrogen-bond acceptors (Lipinski definition) is 4. The molecule has 0 unspecified atom stereocenters. The Morgan fingerprint density at radius 3 is 3.06 bits per heavy atom. The van der Waals surface area contributed by atoms with Gasteiger partial charge >= 0.3 is 0 Å². The Morgan fingerprint density at radius 2 is 2.38 bits per heavy atom. The van der Waals surface area contributed by atoms with Crippen molar-refractivity contribution in [3.05, 3.63) is 0 Å². The lowest BCUT2D eigenvalue weighted by atomic mass is 9.99. The first-order valence-corrected chi connectivity index (χ1v) is 6.01. The second kappa shape index (κ2) is 8.50. The lowest BCUT2D eigenvalue weighted by molar-refractivity contribution is -0.125. The summed E-state index contributed by atoms with van der Waals surface area (Å²) >= 11 is 0. The van der Waals surface area contributed by atoms with Gasteiger partial charge in [-0.1, -0.05) is 0 Å². The lowest BCUT2D eigenvalue weighted by Gasteiger charge is -2.21. The van der Waals surface area contributed by atoms with Gasteiger partial charge in [0.15, 0.2) is 0 Å². The highest BCUT2D eigenvalue weighted by atomic mass is 16.5. The Labute approximate surface area is 96.6 Å². The van der Waals surface area contributed by atoms with Gasteiger partial charge < -0.3 is 20.5 Å². The molecule has 1 amide bonds. The smallest absolute Gasteiger partial charge is 0.224 e. The van der Waals surface area contributed by atoms with E-state index in [1.165, 1.54) is 0 Å². The number of rotatable bonds is 7. The molecule has 0 spiro atoms. The number of aliphatic hydroxyl groups is 1. The molecule has 0 aliphatic carbocycles. The molecule has 1 fully saturated rings. The fourth-order valence-electron chi connectivity index (χ4n) is 1.77. The van der Waals surface area contributed by atoms with Crippen molar-refractivity contribution < 1.29 is 14.6 Å². The van der Waals surface area contributed by atoms with E-state index in [4.69, 9.17) is 9.84 Å². The number of carbonyl (C=O) groups is 1. The summed E-state index contributed by atoms with van der Waals surface area (Å²) in [7, 11) is 0. The number of carbonyl (C=O) groups excluding carboxylic acids is 1. The van der Waals surface area contributed by atoms with Crippen molar-refractivity contribution in [2.45, 2.75) is 19.3 Å². The molecular formula is C11H22N2O3. The van der Waals surface area contributed by atoms with E-state index in [2.05, 4.69) is 10.6 Å². The van der Waals surface area contributed by atoms with Crippen LogP contribution in [0.5, 0.6) is 0 Å². The first-order chi connectivity index (χ1) is 7.84. The molecule has 0 aromatic heterocycles. The Bertz CT molecular complexity index is 194. The molecule has 94 valence electrons. The average Bonchev–Trinajstić information content (AvgIpc) is 2.34. The highest BCUT2D eigenvalue weighted by Gasteiger charge is 2.19. The van der Waals surface area contributed by atoms with Crippen molar-refractivity contribution in [2.75, 3.05) is 39.5 Å². The number of nitrogens with one attached hydrogen (secondary N) is 2. The summed E-state index contributed by atoms with van der Waals surface area (Å²) in [4.78, 5) is 11.7. The molecule has 5 nitrogen and oxygen atoms in total. The van der Waals surface area contributed by atoms with E-state index >= 15 is 0 Å². The number of aliphatic hydroxyl groups excluding tert-OH is 1. The van der Waals surface area contributed by atoms with E-state index in [-0.39, 0.29) is 18.4 Å². The molecule has 0 saturated carbocycles. The van der Waals surface area contributed by atoms with Gasteiger partial charge in [-0.25, -0.2) is 0 Å². The van der Waals surface area contributed by atoms with Crippen LogP contribution in [0.4, 0.5) is 0 Å². The second-order valence-electron chi connectivity index (χ2n) is 4.02. The maximum atomic E-state index is 11.7. The van der Waals surface area contributed by atoms with Crippen molar-refractivity contribution in [3.63, 3.8) is 0 Å². The van der Waals surface area contributed by atoms with Gasteiger partial charge in [0.1, 0.15) is 0 Å². The van der Waals surface area contributed by atoms with Crippen LogP contribution in [0.25, 0.3) is 0 Å². The first kappa shape index (κ1) is 13.4. The minimum absolute atomic E-state index is 0.0557. The van der Waals surface area contributed by atoms with Crippen LogP contribution in [0.3, 0.4) is 0 Å². The minimum Gasteiger partial charge on any atom is -0.394 e. The third-order valence-electron chi connectivity index (χ3n) is 2.67. The van der Waals surface area contributed by atoms with Crippen LogP contribution in [0.15, 0.2) is 0 Å². The second-order valence-corrected chi connectivity index (χ2v) is 4.02. The van der Waals surface area contributed by atoms with Gasteiger partial charge in [-0.15, -0.1) is 0 Å². The summed E-state index contributed by atoms with van der Waals surface area (Å²) in [5, 5.41) is 14.6. The molecule has 16 heavy (non-hydrogen) atoms. The zero-order valence-corrected chi connectivity index (χ0v) is 9.71. The highest BCUT2D eigenvalue weighted by Crippen LogP contribution is 2.09. The fourth-order valence-corrected chi connectivity index (χ4v) is 1.77. The summed E-state index contributed by atoms with van der Waals surface area (Å²) in [6.45, 7) is 3.50. The van der Waals surface area contributed by atoms with Crippen LogP contribution in [0.1, 0.15) is 19.3 Å². The SMILES string of the molecule is O=C(NCCCOCCO)[C@@H]1CCCNC1. The predicted octanol–water partition coefficient (Wildman–Crippen LogP) is -0.499. The van der Waals surface area contributed by atoms with Gasteiger partial charge in [0.25, 0.3) is 0 Å². The Kier molecular flexibility index (Phi) is 7.12. The molecule has 1 aliphatic heterocycles. The van der Waals surface area contributed by atoms with Crippen LogP contribution in [0.2, 0.25) is 0 Å². The van der Waals surface area contributed by atoms with Crippen LogP contribution < -0.4 is 10.6 Å². The average molecular weight is 230 g/mol.